The highest BCUT2D eigenvalue weighted by Gasteiger charge is 2.60. The summed E-state index contributed by atoms with van der Waals surface area (Å²) in [7, 11) is 0. The zero-order valence-electron chi connectivity index (χ0n) is 13.7. The third-order valence-corrected chi connectivity index (χ3v) is 7.11. The lowest BCUT2D eigenvalue weighted by molar-refractivity contribution is -0.190. The zero-order chi connectivity index (χ0) is 16.3. The largest absolute Gasteiger partial charge is 0.387 e. The van der Waals surface area contributed by atoms with Crippen molar-refractivity contribution in [2.24, 2.45) is 23.7 Å². The van der Waals surface area contributed by atoms with Crippen LogP contribution in [0.3, 0.4) is 0 Å². The Morgan fingerprint density at radius 2 is 1.83 bits per heavy atom. The summed E-state index contributed by atoms with van der Waals surface area (Å²) in [6.45, 7) is 0. The quantitative estimate of drug-likeness (QED) is 0.902. The molecule has 6 rings (SSSR count). The van der Waals surface area contributed by atoms with Gasteiger partial charge in [0.05, 0.1) is 18.0 Å². The molecule has 0 amide bonds. The van der Waals surface area contributed by atoms with Gasteiger partial charge < -0.3 is 9.67 Å². The van der Waals surface area contributed by atoms with Crippen LogP contribution in [0.1, 0.15) is 43.7 Å². The first kappa shape index (κ1) is 15.0. The van der Waals surface area contributed by atoms with Crippen molar-refractivity contribution >= 4 is 11.6 Å². The van der Waals surface area contributed by atoms with Crippen LogP contribution >= 0.6 is 11.6 Å². The molecule has 1 N–H and O–H groups in total. The summed E-state index contributed by atoms with van der Waals surface area (Å²) in [5.74, 6) is 2.44. The topological polar surface area (TPSA) is 38.0 Å². The Bertz CT molecular complexity index is 714. The summed E-state index contributed by atoms with van der Waals surface area (Å²) in [5, 5.41) is 12.8. The van der Waals surface area contributed by atoms with Gasteiger partial charge in [-0.15, -0.1) is 0 Å². The number of aliphatic hydroxyl groups is 1. The summed E-state index contributed by atoms with van der Waals surface area (Å²) < 4.78 is 2.09. The highest BCUT2D eigenvalue weighted by atomic mass is 35.5. The molecule has 24 heavy (non-hydrogen) atoms. The number of rotatable bonds is 3. The molecule has 1 aromatic heterocycles. The van der Waals surface area contributed by atoms with Gasteiger partial charge in [0.15, 0.2) is 0 Å². The SMILES string of the molecule is OC1(C(c2cccc(Cl)c2)n2ccnc2)C2CC3CC(C2)CC1C3. The molecule has 0 saturated heterocycles. The molecule has 4 aliphatic rings. The van der Waals surface area contributed by atoms with E-state index < -0.39 is 5.60 Å². The van der Waals surface area contributed by atoms with Crippen molar-refractivity contribution in [3.05, 3.63) is 53.6 Å². The number of halogens is 1. The van der Waals surface area contributed by atoms with Gasteiger partial charge in [-0.25, -0.2) is 4.98 Å². The highest BCUT2D eigenvalue weighted by molar-refractivity contribution is 6.30. The molecular weight excluding hydrogens is 320 g/mol. The monoisotopic (exact) mass is 342 g/mol. The second kappa shape index (κ2) is 5.34. The second-order valence-electron chi connectivity index (χ2n) is 8.16. The van der Waals surface area contributed by atoms with E-state index in [0.29, 0.717) is 11.8 Å². The molecule has 4 fully saturated rings. The number of nitrogens with zero attached hydrogens (tertiary/aromatic N) is 2. The van der Waals surface area contributed by atoms with Gasteiger partial charge in [0.25, 0.3) is 0 Å². The van der Waals surface area contributed by atoms with Crippen molar-refractivity contribution in [1.82, 2.24) is 9.55 Å². The summed E-state index contributed by atoms with van der Waals surface area (Å²) in [5.41, 5.74) is 0.397. The van der Waals surface area contributed by atoms with Crippen LogP contribution in [-0.2, 0) is 0 Å². The minimum absolute atomic E-state index is 0.103. The minimum atomic E-state index is -0.696. The standard InChI is InChI=1S/C20H23ClN2O/c21-18-3-1-2-15(11-18)19(23-5-4-22-12-23)20(24)16-7-13-6-14(9-16)10-17(20)8-13/h1-5,11-14,16-17,19,24H,6-10H2. The molecule has 4 heteroatoms. The third kappa shape index (κ3) is 2.11. The lowest BCUT2D eigenvalue weighted by Crippen LogP contribution is -2.61. The molecule has 1 unspecified atom stereocenters. The lowest BCUT2D eigenvalue weighted by atomic mass is 9.48. The molecule has 2 aromatic rings. The molecule has 126 valence electrons. The third-order valence-electron chi connectivity index (χ3n) is 6.87. The smallest absolute Gasteiger partial charge is 0.0952 e. The van der Waals surface area contributed by atoms with Crippen LogP contribution in [0.4, 0.5) is 0 Å². The molecule has 4 saturated carbocycles. The van der Waals surface area contributed by atoms with E-state index in [1.165, 1.54) is 32.1 Å². The first-order valence-electron chi connectivity index (χ1n) is 9.10. The van der Waals surface area contributed by atoms with Crippen molar-refractivity contribution in [3.8, 4) is 0 Å². The van der Waals surface area contributed by atoms with Crippen LogP contribution < -0.4 is 0 Å². The van der Waals surface area contributed by atoms with E-state index >= 15 is 0 Å². The van der Waals surface area contributed by atoms with Gasteiger partial charge in [-0.05, 0) is 73.5 Å². The fourth-order valence-electron chi connectivity index (χ4n) is 6.16. The van der Waals surface area contributed by atoms with E-state index in [4.69, 9.17) is 11.6 Å². The highest BCUT2D eigenvalue weighted by Crippen LogP contribution is 2.62. The predicted octanol–water partition coefficient (Wildman–Crippen LogP) is 4.31. The van der Waals surface area contributed by atoms with Crippen molar-refractivity contribution in [3.63, 3.8) is 0 Å². The number of benzene rings is 1. The van der Waals surface area contributed by atoms with E-state index in [0.717, 1.165) is 22.4 Å². The number of hydrogen-bond acceptors (Lipinski definition) is 2. The molecule has 0 spiro atoms. The van der Waals surface area contributed by atoms with Crippen molar-refractivity contribution in [1.29, 1.82) is 0 Å². The van der Waals surface area contributed by atoms with E-state index in [2.05, 4.69) is 15.6 Å². The van der Waals surface area contributed by atoms with Crippen LogP contribution in [0.5, 0.6) is 0 Å². The fourth-order valence-corrected chi connectivity index (χ4v) is 6.36. The van der Waals surface area contributed by atoms with Crippen molar-refractivity contribution < 1.29 is 5.11 Å². The Balaban J connectivity index is 1.64. The summed E-state index contributed by atoms with van der Waals surface area (Å²) in [4.78, 5) is 4.25. The first-order chi connectivity index (χ1) is 11.6. The average Bonchev–Trinajstić information content (AvgIpc) is 3.06. The lowest BCUT2D eigenvalue weighted by Gasteiger charge is -2.61. The van der Waals surface area contributed by atoms with Gasteiger partial charge in [-0.3, -0.25) is 0 Å². The molecule has 4 bridgehead atoms. The van der Waals surface area contributed by atoms with Gasteiger partial charge in [0.1, 0.15) is 0 Å². The maximum absolute atomic E-state index is 12.1. The Morgan fingerprint density at radius 3 is 2.42 bits per heavy atom. The fraction of sp³-hybridized carbons (Fsp3) is 0.550. The van der Waals surface area contributed by atoms with Gasteiger partial charge >= 0.3 is 0 Å². The Kier molecular flexibility index (Phi) is 3.33. The van der Waals surface area contributed by atoms with Crippen molar-refractivity contribution in [2.75, 3.05) is 0 Å². The van der Waals surface area contributed by atoms with Crippen LogP contribution in [0.25, 0.3) is 0 Å². The number of imidazole rings is 1. The molecule has 1 heterocycles. The van der Waals surface area contributed by atoms with Crippen LogP contribution in [0, 0.1) is 23.7 Å². The normalized spacial score (nSPS) is 38.4. The Morgan fingerprint density at radius 1 is 1.12 bits per heavy atom. The van der Waals surface area contributed by atoms with Gasteiger partial charge in [-0.2, -0.15) is 0 Å². The number of hydrogen-bond donors (Lipinski definition) is 1. The maximum Gasteiger partial charge on any atom is 0.0952 e. The Labute approximate surface area is 147 Å². The first-order valence-corrected chi connectivity index (χ1v) is 9.47. The van der Waals surface area contributed by atoms with Crippen molar-refractivity contribution in [2.45, 2.75) is 43.7 Å². The summed E-state index contributed by atoms with van der Waals surface area (Å²) in [6.07, 6.45) is 11.7. The maximum atomic E-state index is 12.1. The van der Waals surface area contributed by atoms with Crippen LogP contribution in [0.15, 0.2) is 43.0 Å². The van der Waals surface area contributed by atoms with Crippen LogP contribution in [-0.4, -0.2) is 20.3 Å². The van der Waals surface area contributed by atoms with E-state index in [9.17, 15) is 5.11 Å². The molecule has 1 aromatic carbocycles. The van der Waals surface area contributed by atoms with E-state index in [-0.39, 0.29) is 6.04 Å². The molecule has 0 radical (unpaired) electrons. The van der Waals surface area contributed by atoms with Gasteiger partial charge in [-0.1, -0.05) is 23.7 Å². The molecule has 1 atom stereocenters. The second-order valence-corrected chi connectivity index (χ2v) is 8.60. The molecule has 0 aliphatic heterocycles. The minimum Gasteiger partial charge on any atom is -0.387 e. The summed E-state index contributed by atoms with van der Waals surface area (Å²) in [6, 6.07) is 7.89. The van der Waals surface area contributed by atoms with Gasteiger partial charge in [0, 0.05) is 17.4 Å². The predicted molar refractivity (Wildman–Crippen MR) is 93.8 cm³/mol. The Hall–Kier alpha value is -1.32. The number of aromatic nitrogens is 2. The molecular formula is C20H23ClN2O. The average molecular weight is 343 g/mol. The molecule has 3 nitrogen and oxygen atoms in total. The summed E-state index contributed by atoms with van der Waals surface area (Å²) >= 11 is 6.28. The van der Waals surface area contributed by atoms with E-state index in [1.807, 2.05) is 30.7 Å². The van der Waals surface area contributed by atoms with Crippen LogP contribution in [0.2, 0.25) is 5.02 Å². The van der Waals surface area contributed by atoms with E-state index in [1.54, 1.807) is 6.20 Å². The zero-order valence-corrected chi connectivity index (χ0v) is 14.4. The molecule has 4 aliphatic carbocycles. The van der Waals surface area contributed by atoms with Gasteiger partial charge in [0.2, 0.25) is 0 Å².